The molecule has 0 unspecified atom stereocenters. The molecule has 0 saturated carbocycles. The topological polar surface area (TPSA) is 140 Å². The zero-order valence-electron chi connectivity index (χ0n) is 31.9. The van der Waals surface area contributed by atoms with E-state index in [1.54, 1.807) is 33.9 Å². The molecule has 0 fully saturated rings. The lowest BCUT2D eigenvalue weighted by atomic mass is 10.2. The number of halogens is 2. The van der Waals surface area contributed by atoms with Crippen LogP contribution in [0.4, 0.5) is 0 Å². The number of benzene rings is 5. The van der Waals surface area contributed by atoms with Crippen LogP contribution in [-0.4, -0.2) is 60.2 Å². The molecule has 9 aromatic rings. The fourth-order valence-corrected chi connectivity index (χ4v) is 10.9. The van der Waals surface area contributed by atoms with Gasteiger partial charge in [-0.2, -0.15) is 0 Å². The van der Waals surface area contributed by atoms with Crippen molar-refractivity contribution in [2.75, 3.05) is 0 Å². The van der Waals surface area contributed by atoms with Crippen LogP contribution in [0.3, 0.4) is 0 Å². The molecule has 5 aromatic carbocycles. The molecule has 0 saturated heterocycles. The lowest BCUT2D eigenvalue weighted by molar-refractivity contribution is 0.190. The van der Waals surface area contributed by atoms with Gasteiger partial charge in [0.05, 0.1) is 11.4 Å². The van der Waals surface area contributed by atoms with Crippen LogP contribution >= 0.6 is 30.5 Å². The summed E-state index contributed by atoms with van der Waals surface area (Å²) in [4.78, 5) is 6.96. The van der Waals surface area contributed by atoms with Gasteiger partial charge in [-0.05, 0) is 102 Å². The predicted octanol–water partition coefficient (Wildman–Crippen LogP) is 7.46. The first-order chi connectivity index (χ1) is 28.9. The highest BCUT2D eigenvalue weighted by atomic mass is 35.5. The molecule has 9 rings (SSSR count). The molecule has 0 amide bonds. The Bertz CT molecular complexity index is 2650. The van der Waals surface area contributed by atoms with E-state index in [4.69, 9.17) is 33.0 Å². The van der Waals surface area contributed by atoms with Crippen LogP contribution < -0.4 is 20.7 Å². The molecule has 0 aliphatic heterocycles. The van der Waals surface area contributed by atoms with E-state index in [0.717, 1.165) is 11.3 Å². The molecule has 0 aliphatic rings. The Balaban J connectivity index is 0.000000167. The summed E-state index contributed by atoms with van der Waals surface area (Å²) in [5.74, 6) is 1.80. The van der Waals surface area contributed by atoms with Gasteiger partial charge in [0.15, 0.2) is 11.9 Å². The van der Waals surface area contributed by atoms with Crippen molar-refractivity contribution in [2.45, 2.75) is 19.2 Å². The van der Waals surface area contributed by atoms with Gasteiger partial charge in [0, 0.05) is 35.1 Å². The molecule has 59 heavy (non-hydrogen) atoms. The maximum atomic E-state index is 6.16. The van der Waals surface area contributed by atoms with Crippen molar-refractivity contribution in [3.05, 3.63) is 186 Å². The summed E-state index contributed by atoms with van der Waals surface area (Å²) in [6.45, 7) is 1.82. The first-order valence-corrected chi connectivity index (χ1v) is 21.2. The number of ether oxygens (including phenoxy) is 1. The largest absolute Gasteiger partial charge is 0.452 e. The summed E-state index contributed by atoms with van der Waals surface area (Å²) in [6.07, 6.45) is 3.60. The Morgan fingerprint density at radius 1 is 0.593 bits per heavy atom. The van der Waals surface area contributed by atoms with Gasteiger partial charge in [-0.3, -0.25) is 9.55 Å². The van der Waals surface area contributed by atoms with Crippen molar-refractivity contribution < 1.29 is 4.74 Å². The van der Waals surface area contributed by atoms with Gasteiger partial charge in [-0.25, -0.2) is 0 Å². The Morgan fingerprint density at radius 3 is 1.66 bits per heavy atom. The van der Waals surface area contributed by atoms with Crippen LogP contribution in [0.5, 0.6) is 6.01 Å². The standard InChI is InChI=1S/C26H21ClN4P.C17H15ClN8O/c27-21-11-10-12-22(19-21)31-29-26(28-30-31)20-32(23-13-4-1-5-14-23,24-15-6-2-7-16-24)25-17-8-3-9-18-25;1-11(15-20-24-26(23-15)14-5-3-4-13(18)10-14)27-17-22-21-16(25(17)2)12-6-8-19-9-7-12/h1-19H,20H2;3-11H,1-2H3/q+1;/t;11-/m.0/s1. The number of tetrazole rings is 2. The fraction of sp³-hybridized carbons (Fsp3) is 0.0930. The predicted molar refractivity (Wildman–Crippen MR) is 230 cm³/mol. The van der Waals surface area contributed by atoms with Gasteiger partial charge in [0.2, 0.25) is 11.6 Å². The van der Waals surface area contributed by atoms with Crippen LogP contribution in [0.15, 0.2) is 164 Å². The summed E-state index contributed by atoms with van der Waals surface area (Å²) in [7, 11) is -0.240. The molecule has 0 aliphatic carbocycles. The van der Waals surface area contributed by atoms with Crippen LogP contribution in [0.25, 0.3) is 22.8 Å². The average molecular weight is 839 g/mol. The maximum absolute atomic E-state index is 6.16. The number of aromatic nitrogens is 12. The van der Waals surface area contributed by atoms with E-state index in [0.29, 0.717) is 45.4 Å². The zero-order valence-corrected chi connectivity index (χ0v) is 34.3. The van der Waals surface area contributed by atoms with Gasteiger partial charge in [-0.1, -0.05) is 95.0 Å². The summed E-state index contributed by atoms with van der Waals surface area (Å²) >= 11 is 12.2. The second kappa shape index (κ2) is 17.9. The molecule has 292 valence electrons. The van der Waals surface area contributed by atoms with Crippen molar-refractivity contribution in [3.63, 3.8) is 0 Å². The smallest absolute Gasteiger partial charge is 0.317 e. The Hall–Kier alpha value is -6.66. The van der Waals surface area contributed by atoms with Crippen molar-refractivity contribution in [1.29, 1.82) is 0 Å². The highest BCUT2D eigenvalue weighted by Gasteiger charge is 2.46. The highest BCUT2D eigenvalue weighted by Crippen LogP contribution is 2.57. The monoisotopic (exact) mass is 837 g/mol. The molecule has 0 radical (unpaired) electrons. The molecule has 1 atom stereocenters. The minimum absolute atomic E-state index is 0.355. The SMILES string of the molecule is C[C@H](Oc1nnc(-c2ccncc2)n1C)c1nnn(-c2cccc(Cl)c2)n1.Clc1cccc(-n2nnc(C[P+](c3ccccc3)(c3ccccc3)c3ccccc3)n2)c1. The normalized spacial score (nSPS) is 11.7. The second-order valence-corrected chi connectivity index (χ2v) is 17.6. The molecular formula is C43H36Cl2N12OP+. The quantitative estimate of drug-likeness (QED) is 0.121. The van der Waals surface area contributed by atoms with Gasteiger partial charge in [0.25, 0.3) is 0 Å². The van der Waals surface area contributed by atoms with E-state index >= 15 is 0 Å². The third kappa shape index (κ3) is 8.78. The van der Waals surface area contributed by atoms with Crippen molar-refractivity contribution in [3.8, 4) is 28.8 Å². The highest BCUT2D eigenvalue weighted by molar-refractivity contribution is 7.95. The molecule has 4 aromatic heterocycles. The van der Waals surface area contributed by atoms with E-state index < -0.39 is 13.4 Å². The fourth-order valence-electron chi connectivity index (χ4n) is 6.48. The van der Waals surface area contributed by atoms with Gasteiger partial charge in [0.1, 0.15) is 29.3 Å². The third-order valence-corrected chi connectivity index (χ3v) is 14.1. The Labute approximate surface area is 350 Å². The average Bonchev–Trinajstić information content (AvgIpc) is 4.06. The Morgan fingerprint density at radius 2 is 1.12 bits per heavy atom. The van der Waals surface area contributed by atoms with Gasteiger partial charge in [-0.15, -0.1) is 35.1 Å². The second-order valence-electron chi connectivity index (χ2n) is 13.2. The van der Waals surface area contributed by atoms with Crippen LogP contribution in [0.2, 0.25) is 10.0 Å². The van der Waals surface area contributed by atoms with Gasteiger partial charge < -0.3 is 4.74 Å². The maximum Gasteiger partial charge on any atom is 0.317 e. The van der Waals surface area contributed by atoms with E-state index in [2.05, 4.69) is 132 Å². The number of pyridine rings is 1. The van der Waals surface area contributed by atoms with Crippen LogP contribution in [0, 0.1) is 0 Å². The first-order valence-electron chi connectivity index (χ1n) is 18.5. The lowest BCUT2D eigenvalue weighted by Crippen LogP contribution is -2.32. The zero-order chi connectivity index (χ0) is 40.6. The van der Waals surface area contributed by atoms with E-state index in [-0.39, 0.29) is 0 Å². The minimum atomic E-state index is -2.07. The third-order valence-electron chi connectivity index (χ3n) is 9.35. The lowest BCUT2D eigenvalue weighted by Gasteiger charge is -2.26. The summed E-state index contributed by atoms with van der Waals surface area (Å²) in [6, 6.07) is 50.8. The number of rotatable bonds is 11. The Kier molecular flexibility index (Phi) is 11.9. The molecule has 16 heteroatoms. The van der Waals surface area contributed by atoms with Crippen molar-refractivity contribution in [1.82, 2.24) is 60.2 Å². The minimum Gasteiger partial charge on any atom is -0.452 e. The first kappa shape index (κ1) is 39.2. The number of hydrogen-bond donors (Lipinski definition) is 0. The molecular weight excluding hydrogens is 802 g/mol. The van der Waals surface area contributed by atoms with Gasteiger partial charge >= 0.3 is 6.01 Å². The van der Waals surface area contributed by atoms with E-state index in [9.17, 15) is 0 Å². The number of nitrogens with zero attached hydrogens (tertiary/aromatic N) is 12. The summed E-state index contributed by atoms with van der Waals surface area (Å²) in [5, 5.41) is 39.4. The molecule has 13 nitrogen and oxygen atoms in total. The van der Waals surface area contributed by atoms with Crippen molar-refractivity contribution >= 4 is 46.4 Å². The summed E-state index contributed by atoms with van der Waals surface area (Å²) in [5.41, 5.74) is 2.40. The van der Waals surface area contributed by atoms with Crippen molar-refractivity contribution in [2.24, 2.45) is 7.05 Å². The summed E-state index contributed by atoms with van der Waals surface area (Å²) < 4.78 is 7.63. The molecule has 0 N–H and O–H groups in total. The van der Waals surface area contributed by atoms with Crippen LogP contribution in [0.1, 0.15) is 24.7 Å². The van der Waals surface area contributed by atoms with E-state index in [1.165, 1.54) is 20.7 Å². The van der Waals surface area contributed by atoms with E-state index in [1.807, 2.05) is 62.5 Å². The molecule has 0 bridgehead atoms. The molecule has 4 heterocycles. The number of hydrogen-bond acceptors (Lipinski definition) is 10. The van der Waals surface area contributed by atoms with Crippen LogP contribution in [-0.2, 0) is 13.2 Å². The molecule has 0 spiro atoms.